The summed E-state index contributed by atoms with van der Waals surface area (Å²) in [4.78, 5) is 22.1. The van der Waals surface area contributed by atoms with Crippen LogP contribution in [0.2, 0.25) is 0 Å². The fourth-order valence-electron chi connectivity index (χ4n) is 2.19. The average Bonchev–Trinajstić information content (AvgIpc) is 2.57. The molecule has 2 amide bonds. The third-order valence-electron chi connectivity index (χ3n) is 3.30. The third-order valence-corrected chi connectivity index (χ3v) is 3.30. The molecule has 2 aliphatic rings. The fourth-order valence-corrected chi connectivity index (χ4v) is 2.19. The zero-order valence-electron chi connectivity index (χ0n) is 12.1. The van der Waals surface area contributed by atoms with Crippen molar-refractivity contribution < 1.29 is 15.1 Å². The van der Waals surface area contributed by atoms with Crippen molar-refractivity contribution in [2.75, 3.05) is 0 Å². The van der Waals surface area contributed by atoms with E-state index in [1.807, 2.05) is 36.4 Å². The summed E-state index contributed by atoms with van der Waals surface area (Å²) in [7, 11) is 0. The predicted molar refractivity (Wildman–Crippen MR) is 82.3 cm³/mol. The van der Waals surface area contributed by atoms with Crippen molar-refractivity contribution in [1.29, 1.82) is 0 Å². The normalized spacial score (nSPS) is 14.1. The molecule has 0 aromatic heterocycles. The minimum Gasteiger partial charge on any atom is -0.412 e. The Hall–Kier alpha value is -3.06. The number of fused-ring (bicyclic) bond motifs is 2. The molecule has 2 aromatic rings. The van der Waals surface area contributed by atoms with Crippen LogP contribution in [-0.2, 0) is 13.1 Å². The molecule has 2 heterocycles. The highest BCUT2D eigenvalue weighted by Gasteiger charge is 2.13. The molecule has 7 heteroatoms. The van der Waals surface area contributed by atoms with E-state index >= 15 is 0 Å². The van der Waals surface area contributed by atoms with Crippen LogP contribution in [0.15, 0.2) is 69.0 Å². The summed E-state index contributed by atoms with van der Waals surface area (Å²) in [5.41, 5.74) is 3.30. The molecule has 2 aliphatic heterocycles. The molecule has 0 spiro atoms. The summed E-state index contributed by atoms with van der Waals surface area (Å²) >= 11 is 0. The van der Waals surface area contributed by atoms with Crippen LogP contribution in [0.4, 0.5) is 0 Å². The lowest BCUT2D eigenvalue weighted by atomic mass is 10.1. The van der Waals surface area contributed by atoms with Crippen LogP contribution in [0.3, 0.4) is 0 Å². The zero-order chi connectivity index (χ0) is 15.4. The van der Waals surface area contributed by atoms with Gasteiger partial charge in [-0.3, -0.25) is 9.59 Å². The van der Waals surface area contributed by atoms with E-state index in [0.29, 0.717) is 24.2 Å². The summed E-state index contributed by atoms with van der Waals surface area (Å²) in [6, 6.07) is 14.8. The second kappa shape index (κ2) is 7.28. The number of carbonyl (C=O) groups excluding carboxylic acids is 2. The minimum atomic E-state index is -0.230. The number of hydrogen-bond donors (Lipinski definition) is 0. The Bertz CT molecular complexity index is 732. The Kier molecular flexibility index (Phi) is 5.16. The number of amides is 2. The summed E-state index contributed by atoms with van der Waals surface area (Å²) in [5, 5.41) is 14.3. The highest BCUT2D eigenvalue weighted by molar-refractivity contribution is 5.97. The monoisotopic (exact) mass is 310 g/mol. The van der Waals surface area contributed by atoms with Gasteiger partial charge >= 0.3 is 0 Å². The first-order valence-corrected chi connectivity index (χ1v) is 6.75. The van der Waals surface area contributed by atoms with Crippen molar-refractivity contribution in [1.82, 2.24) is 0 Å². The van der Waals surface area contributed by atoms with Gasteiger partial charge in [0.15, 0.2) is 0 Å². The number of hydrogen-bond acceptors (Lipinski definition) is 4. The van der Waals surface area contributed by atoms with Gasteiger partial charge in [0.1, 0.15) is 0 Å². The Morgan fingerprint density at radius 1 is 0.652 bits per heavy atom. The van der Waals surface area contributed by atoms with E-state index < -0.39 is 0 Å². The number of rotatable bonds is 0. The van der Waals surface area contributed by atoms with E-state index in [-0.39, 0.29) is 17.3 Å². The lowest BCUT2D eigenvalue weighted by Gasteiger charge is -2.05. The molecule has 2 aromatic carbocycles. The maximum absolute atomic E-state index is 11.0. The number of nitrogens with zero attached hydrogens (tertiary/aromatic N) is 4. The summed E-state index contributed by atoms with van der Waals surface area (Å²) in [5.74, 6) is -0.460. The molecule has 0 fully saturated rings. The van der Waals surface area contributed by atoms with Gasteiger partial charge in [-0.1, -0.05) is 36.4 Å². The average molecular weight is 310 g/mol. The van der Waals surface area contributed by atoms with Crippen LogP contribution in [0.1, 0.15) is 31.8 Å². The predicted octanol–water partition coefficient (Wildman–Crippen LogP) is 2.76. The van der Waals surface area contributed by atoms with Gasteiger partial charge in [0, 0.05) is 11.1 Å². The molecule has 0 bridgehead atoms. The van der Waals surface area contributed by atoms with Crippen LogP contribution >= 0.6 is 0 Å². The van der Waals surface area contributed by atoms with Crippen molar-refractivity contribution in [2.24, 2.45) is 20.5 Å². The van der Waals surface area contributed by atoms with Crippen LogP contribution in [0, 0.1) is 0 Å². The molecular formula is C16H14N4O3. The van der Waals surface area contributed by atoms with Crippen molar-refractivity contribution in [3.63, 3.8) is 0 Å². The first kappa shape index (κ1) is 16.3. The van der Waals surface area contributed by atoms with Crippen LogP contribution in [0.25, 0.3) is 0 Å². The lowest BCUT2D eigenvalue weighted by Crippen LogP contribution is -2.03. The largest absolute Gasteiger partial charge is 0.412 e. The first-order chi connectivity index (χ1) is 10.8. The SMILES string of the molecule is O.O=C1N=NCc2ccccc21.O=C1N=NCc2ccccc21. The Labute approximate surface area is 132 Å². The van der Waals surface area contributed by atoms with E-state index in [1.54, 1.807) is 12.1 Å². The van der Waals surface area contributed by atoms with Gasteiger partial charge in [-0.2, -0.15) is 10.2 Å². The summed E-state index contributed by atoms with van der Waals surface area (Å²) < 4.78 is 0. The molecule has 0 saturated heterocycles. The minimum absolute atomic E-state index is 0. The molecule has 0 atom stereocenters. The smallest absolute Gasteiger partial charge is 0.295 e. The quantitative estimate of drug-likeness (QED) is 0.744. The number of azo groups is 2. The third kappa shape index (κ3) is 3.58. The molecule has 23 heavy (non-hydrogen) atoms. The first-order valence-electron chi connectivity index (χ1n) is 6.75. The molecule has 0 radical (unpaired) electrons. The Morgan fingerprint density at radius 3 is 1.43 bits per heavy atom. The molecule has 0 unspecified atom stereocenters. The maximum atomic E-state index is 11.0. The summed E-state index contributed by atoms with van der Waals surface area (Å²) in [6.07, 6.45) is 0. The van der Waals surface area contributed by atoms with Gasteiger partial charge in [0.25, 0.3) is 11.8 Å². The molecular weight excluding hydrogens is 296 g/mol. The lowest BCUT2D eigenvalue weighted by molar-refractivity contribution is 0.0979. The van der Waals surface area contributed by atoms with Gasteiger partial charge in [0.05, 0.1) is 13.1 Å². The zero-order valence-corrected chi connectivity index (χ0v) is 12.1. The van der Waals surface area contributed by atoms with Crippen molar-refractivity contribution in [2.45, 2.75) is 13.1 Å². The van der Waals surface area contributed by atoms with Crippen LogP contribution < -0.4 is 0 Å². The molecule has 2 N–H and O–H groups in total. The Morgan fingerprint density at radius 2 is 1.04 bits per heavy atom. The Balaban J connectivity index is 0.000000160. The highest BCUT2D eigenvalue weighted by atomic mass is 16.2. The van der Waals surface area contributed by atoms with Crippen LogP contribution in [-0.4, -0.2) is 17.3 Å². The second-order valence-electron chi connectivity index (χ2n) is 4.72. The topological polar surface area (TPSA) is 115 Å². The van der Waals surface area contributed by atoms with Crippen molar-refractivity contribution in [3.8, 4) is 0 Å². The second-order valence-corrected chi connectivity index (χ2v) is 4.72. The van der Waals surface area contributed by atoms with Crippen LogP contribution in [0.5, 0.6) is 0 Å². The van der Waals surface area contributed by atoms with Gasteiger partial charge < -0.3 is 5.48 Å². The van der Waals surface area contributed by atoms with E-state index in [9.17, 15) is 9.59 Å². The number of benzene rings is 2. The highest BCUT2D eigenvalue weighted by Crippen LogP contribution is 2.16. The van der Waals surface area contributed by atoms with E-state index in [1.165, 1.54) is 0 Å². The van der Waals surface area contributed by atoms with E-state index in [2.05, 4.69) is 20.5 Å². The van der Waals surface area contributed by atoms with Gasteiger partial charge in [-0.05, 0) is 23.3 Å². The van der Waals surface area contributed by atoms with Gasteiger partial charge in [-0.25, -0.2) is 0 Å². The summed E-state index contributed by atoms with van der Waals surface area (Å²) in [6.45, 7) is 1.06. The van der Waals surface area contributed by atoms with Crippen molar-refractivity contribution >= 4 is 11.8 Å². The van der Waals surface area contributed by atoms with Gasteiger partial charge in [0.2, 0.25) is 0 Å². The molecule has 7 nitrogen and oxygen atoms in total. The van der Waals surface area contributed by atoms with E-state index in [0.717, 1.165) is 11.1 Å². The fraction of sp³-hybridized carbons (Fsp3) is 0.125. The van der Waals surface area contributed by atoms with Gasteiger partial charge in [-0.15, -0.1) is 10.2 Å². The molecule has 0 saturated carbocycles. The molecule has 116 valence electrons. The standard InChI is InChI=1S/2C8H6N2O.H2O/c2*11-8-7-4-2-1-3-6(7)5-9-10-8;/h2*1-4H,5H2;1H2. The van der Waals surface area contributed by atoms with Crippen molar-refractivity contribution in [3.05, 3.63) is 70.8 Å². The maximum Gasteiger partial charge on any atom is 0.295 e. The molecule has 4 rings (SSSR count). The molecule has 0 aliphatic carbocycles. The van der Waals surface area contributed by atoms with E-state index in [4.69, 9.17) is 0 Å². The number of carbonyl (C=O) groups is 2.